The minimum Gasteiger partial charge on any atom is -0.329 e. The topological polar surface area (TPSA) is 93.8 Å². The molecule has 0 aliphatic carbocycles. The molecule has 0 unspecified atom stereocenters. The molecular weight excluding hydrogens is 303 g/mol. The maximum atomic E-state index is 12.2. The Morgan fingerprint density at radius 3 is 2.73 bits per heavy atom. The van der Waals surface area contributed by atoms with E-state index in [1.54, 1.807) is 0 Å². The number of aryl methyl sites for hydroxylation is 1. The Bertz CT molecular complexity index is 615. The molecule has 0 aromatic carbocycles. The molecule has 0 bridgehead atoms. The molecule has 0 saturated heterocycles. The molecule has 0 radical (unpaired) electrons. The van der Waals surface area contributed by atoms with Crippen LogP contribution in [0.5, 0.6) is 0 Å². The van der Waals surface area contributed by atoms with E-state index in [1.807, 2.05) is 0 Å². The highest BCUT2D eigenvalue weighted by Gasteiger charge is 2.38. The molecule has 0 spiro atoms. The van der Waals surface area contributed by atoms with Crippen LogP contribution in [-0.2, 0) is 17.4 Å². The van der Waals surface area contributed by atoms with Gasteiger partial charge in [0.1, 0.15) is 0 Å². The number of rotatable bonds is 6. The van der Waals surface area contributed by atoms with Gasteiger partial charge in [0.05, 0.1) is 6.20 Å². The van der Waals surface area contributed by atoms with Gasteiger partial charge in [0, 0.05) is 25.2 Å². The van der Waals surface area contributed by atoms with Crippen molar-refractivity contribution < 1.29 is 22.5 Å². The van der Waals surface area contributed by atoms with E-state index in [0.717, 1.165) is 0 Å². The second-order valence-electron chi connectivity index (χ2n) is 4.36. The average Bonchev–Trinajstić information content (AvgIpc) is 2.94. The normalized spacial score (nSPS) is 11.4. The molecule has 2 aromatic heterocycles. The van der Waals surface area contributed by atoms with Gasteiger partial charge in [0.15, 0.2) is 11.6 Å². The van der Waals surface area contributed by atoms with Crippen LogP contribution < -0.4 is 5.32 Å². The molecule has 0 fully saturated rings. The summed E-state index contributed by atoms with van der Waals surface area (Å²) in [6.45, 7) is 0. The molecule has 2 aromatic rings. The summed E-state index contributed by atoms with van der Waals surface area (Å²) in [7, 11) is 0. The van der Waals surface area contributed by atoms with E-state index in [1.165, 1.54) is 18.6 Å². The molecule has 22 heavy (non-hydrogen) atoms. The molecule has 1 N–H and O–H groups in total. The average molecular weight is 315 g/mol. The lowest BCUT2D eigenvalue weighted by atomic mass is 10.2. The third kappa shape index (κ3) is 4.79. The Labute approximate surface area is 123 Å². The van der Waals surface area contributed by atoms with Gasteiger partial charge in [0.2, 0.25) is 5.91 Å². The number of carbonyl (C=O) groups is 1. The van der Waals surface area contributed by atoms with E-state index in [2.05, 4.69) is 29.9 Å². The molecular formula is C12H12F3N5O2. The maximum absolute atomic E-state index is 12.2. The number of hydrogen-bond donors (Lipinski definition) is 1. The SMILES string of the molecule is O=C(CCCCc1noc(C(F)(F)F)n1)Nc1cnccn1. The van der Waals surface area contributed by atoms with Gasteiger partial charge in [-0.3, -0.25) is 9.78 Å². The molecule has 1 amide bonds. The van der Waals surface area contributed by atoms with Crippen molar-refractivity contribution in [1.29, 1.82) is 0 Å². The predicted molar refractivity (Wildman–Crippen MR) is 67.5 cm³/mol. The van der Waals surface area contributed by atoms with Crippen molar-refractivity contribution in [2.45, 2.75) is 31.9 Å². The summed E-state index contributed by atoms with van der Waals surface area (Å²) in [6, 6.07) is 0. The van der Waals surface area contributed by atoms with E-state index in [-0.39, 0.29) is 24.6 Å². The Hall–Kier alpha value is -2.52. The van der Waals surface area contributed by atoms with Crippen molar-refractivity contribution in [2.75, 3.05) is 5.32 Å². The zero-order valence-corrected chi connectivity index (χ0v) is 11.3. The van der Waals surface area contributed by atoms with Crippen molar-refractivity contribution in [3.8, 4) is 0 Å². The monoisotopic (exact) mass is 315 g/mol. The fourth-order valence-corrected chi connectivity index (χ4v) is 1.61. The van der Waals surface area contributed by atoms with Crippen LogP contribution in [0.3, 0.4) is 0 Å². The lowest BCUT2D eigenvalue weighted by molar-refractivity contribution is -0.159. The smallest absolute Gasteiger partial charge is 0.329 e. The van der Waals surface area contributed by atoms with E-state index < -0.39 is 12.1 Å². The third-order valence-electron chi connectivity index (χ3n) is 2.60. The van der Waals surface area contributed by atoms with Crippen molar-refractivity contribution in [1.82, 2.24) is 20.1 Å². The summed E-state index contributed by atoms with van der Waals surface area (Å²) >= 11 is 0. The van der Waals surface area contributed by atoms with Crippen LogP contribution in [0.1, 0.15) is 31.0 Å². The van der Waals surface area contributed by atoms with Crippen molar-refractivity contribution in [2.24, 2.45) is 0 Å². The summed E-state index contributed by atoms with van der Waals surface area (Å²) < 4.78 is 40.8. The van der Waals surface area contributed by atoms with Gasteiger partial charge < -0.3 is 9.84 Å². The van der Waals surface area contributed by atoms with E-state index >= 15 is 0 Å². The standard InChI is InChI=1S/C12H12F3N5O2/c13-12(14,15)11-19-8(20-22-11)3-1-2-4-10(21)18-9-7-16-5-6-17-9/h5-7H,1-4H2,(H,17,18,21). The zero-order valence-electron chi connectivity index (χ0n) is 11.3. The molecule has 2 heterocycles. The van der Waals surface area contributed by atoms with Crippen LogP contribution in [0, 0.1) is 0 Å². The number of nitrogens with zero attached hydrogens (tertiary/aromatic N) is 4. The van der Waals surface area contributed by atoms with Crippen molar-refractivity contribution in [3.05, 3.63) is 30.3 Å². The lowest BCUT2D eigenvalue weighted by Gasteiger charge is -2.02. The first-order chi connectivity index (χ1) is 10.4. The number of carbonyl (C=O) groups excluding carboxylic acids is 1. The molecule has 0 atom stereocenters. The van der Waals surface area contributed by atoms with Crippen LogP contribution in [0.2, 0.25) is 0 Å². The summed E-state index contributed by atoms with van der Waals surface area (Å²) in [5.41, 5.74) is 0. The molecule has 2 rings (SSSR count). The molecule has 118 valence electrons. The Morgan fingerprint density at radius 2 is 2.09 bits per heavy atom. The first-order valence-corrected chi connectivity index (χ1v) is 6.41. The molecule has 0 saturated carbocycles. The molecule has 10 heteroatoms. The number of amides is 1. The highest BCUT2D eigenvalue weighted by molar-refractivity contribution is 5.89. The minimum atomic E-state index is -4.64. The van der Waals surface area contributed by atoms with Crippen LogP contribution in [0.25, 0.3) is 0 Å². The quantitative estimate of drug-likeness (QED) is 0.822. The van der Waals surface area contributed by atoms with Crippen LogP contribution in [0.4, 0.5) is 19.0 Å². The highest BCUT2D eigenvalue weighted by Crippen LogP contribution is 2.27. The number of aromatic nitrogens is 4. The fraction of sp³-hybridized carbons (Fsp3) is 0.417. The van der Waals surface area contributed by atoms with E-state index in [4.69, 9.17) is 0 Å². The first-order valence-electron chi connectivity index (χ1n) is 6.41. The van der Waals surface area contributed by atoms with Gasteiger partial charge >= 0.3 is 12.1 Å². The molecule has 0 aliphatic rings. The van der Waals surface area contributed by atoms with Gasteiger partial charge in [-0.1, -0.05) is 5.16 Å². The summed E-state index contributed by atoms with van der Waals surface area (Å²) in [6.07, 6.45) is 1.06. The lowest BCUT2D eigenvalue weighted by Crippen LogP contribution is -2.12. The fourth-order valence-electron chi connectivity index (χ4n) is 1.61. The number of hydrogen-bond acceptors (Lipinski definition) is 6. The zero-order chi connectivity index (χ0) is 16.0. The van der Waals surface area contributed by atoms with Crippen molar-refractivity contribution >= 4 is 11.7 Å². The van der Waals surface area contributed by atoms with Gasteiger partial charge in [-0.2, -0.15) is 18.2 Å². The van der Waals surface area contributed by atoms with Crippen LogP contribution in [-0.4, -0.2) is 26.0 Å². The van der Waals surface area contributed by atoms with Gasteiger partial charge in [-0.25, -0.2) is 4.98 Å². The summed E-state index contributed by atoms with van der Waals surface area (Å²) in [4.78, 5) is 22.5. The molecule has 0 aliphatic heterocycles. The van der Waals surface area contributed by atoms with Crippen LogP contribution in [0.15, 0.2) is 23.1 Å². The number of nitrogens with one attached hydrogen (secondary N) is 1. The predicted octanol–water partition coefficient (Wildman–Crippen LogP) is 2.23. The number of halogens is 3. The Balaban J connectivity index is 1.69. The van der Waals surface area contributed by atoms with Crippen molar-refractivity contribution in [3.63, 3.8) is 0 Å². The van der Waals surface area contributed by atoms with Gasteiger partial charge in [-0.05, 0) is 12.8 Å². The second kappa shape index (κ2) is 6.96. The number of alkyl halides is 3. The van der Waals surface area contributed by atoms with Crippen LogP contribution >= 0.6 is 0 Å². The number of unbranched alkanes of at least 4 members (excludes halogenated alkanes) is 1. The van der Waals surface area contributed by atoms with E-state index in [0.29, 0.717) is 18.7 Å². The molecule has 7 nitrogen and oxygen atoms in total. The first kappa shape index (κ1) is 15.9. The Morgan fingerprint density at radius 1 is 1.27 bits per heavy atom. The second-order valence-corrected chi connectivity index (χ2v) is 4.36. The summed E-state index contributed by atoms with van der Waals surface area (Å²) in [5.74, 6) is -1.28. The van der Waals surface area contributed by atoms with Gasteiger partial charge in [0.25, 0.3) is 0 Å². The van der Waals surface area contributed by atoms with Gasteiger partial charge in [-0.15, -0.1) is 0 Å². The van der Waals surface area contributed by atoms with E-state index in [9.17, 15) is 18.0 Å². The Kier molecular flexibility index (Phi) is 5.02. The third-order valence-corrected chi connectivity index (χ3v) is 2.60. The highest BCUT2D eigenvalue weighted by atomic mass is 19.4. The number of anilines is 1. The minimum absolute atomic E-state index is 0.0262. The summed E-state index contributed by atoms with van der Waals surface area (Å²) in [5, 5.41) is 5.80. The maximum Gasteiger partial charge on any atom is 0.471 e. The largest absolute Gasteiger partial charge is 0.471 e.